The third-order valence-electron chi connectivity index (χ3n) is 4.30. The van der Waals surface area contributed by atoms with Crippen LogP contribution < -0.4 is 0 Å². The Balaban J connectivity index is 2.17. The Morgan fingerprint density at radius 1 is 1.11 bits per heavy atom. The Hall–Kier alpha value is -3.16. The summed E-state index contributed by atoms with van der Waals surface area (Å²) in [5.41, 5.74) is -0.0919. The fourth-order valence-electron chi connectivity index (χ4n) is 3.08. The molecule has 8 heteroatoms. The minimum absolute atomic E-state index is 0.0369. The van der Waals surface area contributed by atoms with Gasteiger partial charge in [0.1, 0.15) is 5.82 Å². The van der Waals surface area contributed by atoms with Crippen molar-refractivity contribution in [3.63, 3.8) is 0 Å². The summed E-state index contributed by atoms with van der Waals surface area (Å²) in [5, 5.41) is 9.14. The van der Waals surface area contributed by atoms with Gasteiger partial charge in [0.05, 0.1) is 11.1 Å². The van der Waals surface area contributed by atoms with Gasteiger partial charge in [-0.25, -0.2) is 9.18 Å². The van der Waals surface area contributed by atoms with E-state index in [4.69, 9.17) is 5.11 Å². The van der Waals surface area contributed by atoms with E-state index in [0.29, 0.717) is 11.1 Å². The molecule has 0 aliphatic carbocycles. The second-order valence-electron chi connectivity index (χ2n) is 6.04. The number of fused-ring (bicyclic) bond motifs is 1. The SMILES string of the molecule is Cc1c(C(=O)C(=O)O)c2cc(F)ccc2n1Cc1cccc(C(F)(F)F)c1. The molecule has 0 saturated heterocycles. The highest BCUT2D eigenvalue weighted by atomic mass is 19.4. The van der Waals surface area contributed by atoms with Gasteiger partial charge in [0.15, 0.2) is 0 Å². The number of aliphatic carboxylic acids is 1. The van der Waals surface area contributed by atoms with Crippen molar-refractivity contribution < 1.29 is 32.3 Å². The van der Waals surface area contributed by atoms with Crippen LogP contribution in [0.4, 0.5) is 17.6 Å². The molecular weight excluding hydrogens is 366 g/mol. The van der Waals surface area contributed by atoms with E-state index >= 15 is 0 Å². The first kappa shape index (κ1) is 18.6. The summed E-state index contributed by atoms with van der Waals surface area (Å²) in [6.45, 7) is 1.44. The number of alkyl halides is 3. The minimum atomic E-state index is -4.50. The number of carbonyl (C=O) groups excluding carboxylic acids is 1. The largest absolute Gasteiger partial charge is 0.475 e. The molecular formula is C19H13F4NO3. The van der Waals surface area contributed by atoms with E-state index in [2.05, 4.69) is 0 Å². The van der Waals surface area contributed by atoms with Crippen molar-refractivity contribution in [1.82, 2.24) is 4.57 Å². The third-order valence-corrected chi connectivity index (χ3v) is 4.30. The molecule has 0 amide bonds. The fraction of sp³-hybridized carbons (Fsp3) is 0.158. The van der Waals surface area contributed by atoms with Crippen molar-refractivity contribution in [3.8, 4) is 0 Å². The van der Waals surface area contributed by atoms with Crippen LogP contribution in [0.5, 0.6) is 0 Å². The molecule has 4 nitrogen and oxygen atoms in total. The van der Waals surface area contributed by atoms with Crippen LogP contribution >= 0.6 is 0 Å². The molecule has 0 fully saturated rings. The summed E-state index contributed by atoms with van der Waals surface area (Å²) < 4.78 is 53.9. The van der Waals surface area contributed by atoms with Crippen molar-refractivity contribution in [2.45, 2.75) is 19.6 Å². The maximum atomic E-state index is 13.6. The van der Waals surface area contributed by atoms with Crippen molar-refractivity contribution >= 4 is 22.7 Å². The van der Waals surface area contributed by atoms with Gasteiger partial charge in [-0.1, -0.05) is 12.1 Å². The third kappa shape index (κ3) is 3.42. The normalized spacial score (nSPS) is 11.7. The number of hydrogen-bond donors (Lipinski definition) is 1. The summed E-state index contributed by atoms with van der Waals surface area (Å²) in [4.78, 5) is 23.2. The fourth-order valence-corrected chi connectivity index (χ4v) is 3.08. The van der Waals surface area contributed by atoms with Crippen LogP contribution in [0.2, 0.25) is 0 Å². The monoisotopic (exact) mass is 379 g/mol. The lowest BCUT2D eigenvalue weighted by Gasteiger charge is -2.12. The number of carboxylic acids is 1. The van der Waals surface area contributed by atoms with Crippen LogP contribution in [0, 0.1) is 12.7 Å². The molecule has 3 rings (SSSR count). The van der Waals surface area contributed by atoms with Crippen molar-refractivity contribution in [2.24, 2.45) is 0 Å². The zero-order valence-electron chi connectivity index (χ0n) is 14.0. The van der Waals surface area contributed by atoms with Gasteiger partial charge >= 0.3 is 12.1 Å². The molecule has 140 valence electrons. The number of carbonyl (C=O) groups is 2. The number of hydrogen-bond acceptors (Lipinski definition) is 2. The lowest BCUT2D eigenvalue weighted by Crippen LogP contribution is -2.14. The van der Waals surface area contributed by atoms with Crippen LogP contribution in [0.25, 0.3) is 10.9 Å². The van der Waals surface area contributed by atoms with Crippen LogP contribution in [0.1, 0.15) is 27.2 Å². The Morgan fingerprint density at radius 3 is 2.44 bits per heavy atom. The molecule has 0 spiro atoms. The minimum Gasteiger partial charge on any atom is -0.475 e. The van der Waals surface area contributed by atoms with E-state index in [1.165, 1.54) is 29.7 Å². The number of rotatable bonds is 4. The lowest BCUT2D eigenvalue weighted by molar-refractivity contribution is -0.137. The molecule has 27 heavy (non-hydrogen) atoms. The number of aromatic nitrogens is 1. The van der Waals surface area contributed by atoms with E-state index in [0.717, 1.165) is 24.3 Å². The predicted molar refractivity (Wildman–Crippen MR) is 89.1 cm³/mol. The summed E-state index contributed by atoms with van der Waals surface area (Å²) >= 11 is 0. The molecule has 1 aromatic heterocycles. The predicted octanol–water partition coefficient (Wildman–Crippen LogP) is 4.42. The number of halogens is 4. The van der Waals surface area contributed by atoms with Gasteiger partial charge in [0, 0.05) is 23.1 Å². The average molecular weight is 379 g/mol. The van der Waals surface area contributed by atoms with E-state index in [9.17, 15) is 27.2 Å². The highest BCUT2D eigenvalue weighted by Crippen LogP contribution is 2.31. The van der Waals surface area contributed by atoms with Gasteiger partial charge in [-0.05, 0) is 42.8 Å². The van der Waals surface area contributed by atoms with E-state index < -0.39 is 29.3 Å². The molecule has 0 unspecified atom stereocenters. The number of nitrogens with zero attached hydrogens (tertiary/aromatic N) is 1. The Bertz CT molecular complexity index is 1070. The molecule has 0 atom stereocenters. The topological polar surface area (TPSA) is 59.3 Å². The highest BCUT2D eigenvalue weighted by molar-refractivity contribution is 6.42. The first-order chi connectivity index (χ1) is 12.6. The quantitative estimate of drug-likeness (QED) is 0.415. The molecule has 0 aliphatic heterocycles. The zero-order chi connectivity index (χ0) is 19.9. The average Bonchev–Trinajstić information content (AvgIpc) is 2.85. The molecule has 0 aliphatic rings. The smallest absolute Gasteiger partial charge is 0.416 e. The zero-order valence-corrected chi connectivity index (χ0v) is 14.0. The molecule has 0 saturated carbocycles. The Labute approximate surface area is 150 Å². The van der Waals surface area contributed by atoms with E-state index in [-0.39, 0.29) is 23.2 Å². The van der Waals surface area contributed by atoms with Crippen LogP contribution in [-0.4, -0.2) is 21.4 Å². The maximum absolute atomic E-state index is 13.6. The van der Waals surface area contributed by atoms with Crippen LogP contribution in [-0.2, 0) is 17.5 Å². The Morgan fingerprint density at radius 2 is 1.81 bits per heavy atom. The summed E-state index contributed by atoms with van der Waals surface area (Å²) in [6, 6.07) is 8.22. The van der Waals surface area contributed by atoms with E-state index in [1.54, 1.807) is 0 Å². The summed E-state index contributed by atoms with van der Waals surface area (Å²) in [5.74, 6) is -3.55. The van der Waals surface area contributed by atoms with Crippen LogP contribution in [0.3, 0.4) is 0 Å². The molecule has 0 radical (unpaired) electrons. The van der Waals surface area contributed by atoms with Gasteiger partial charge in [0.25, 0.3) is 5.78 Å². The van der Waals surface area contributed by atoms with Gasteiger partial charge in [-0.15, -0.1) is 0 Å². The maximum Gasteiger partial charge on any atom is 0.416 e. The molecule has 3 aromatic rings. The first-order valence-electron chi connectivity index (χ1n) is 7.81. The highest BCUT2D eigenvalue weighted by Gasteiger charge is 2.30. The Kier molecular flexibility index (Phi) is 4.51. The molecule has 2 aromatic carbocycles. The van der Waals surface area contributed by atoms with Gasteiger partial charge in [-0.2, -0.15) is 13.2 Å². The van der Waals surface area contributed by atoms with Gasteiger partial charge in [-0.3, -0.25) is 4.79 Å². The van der Waals surface area contributed by atoms with Crippen molar-refractivity contribution in [2.75, 3.05) is 0 Å². The van der Waals surface area contributed by atoms with Gasteiger partial charge in [0.2, 0.25) is 0 Å². The second kappa shape index (κ2) is 6.53. The summed E-state index contributed by atoms with van der Waals surface area (Å²) in [7, 11) is 0. The van der Waals surface area contributed by atoms with Crippen molar-refractivity contribution in [1.29, 1.82) is 0 Å². The molecule has 1 heterocycles. The number of ketones is 1. The van der Waals surface area contributed by atoms with Gasteiger partial charge < -0.3 is 9.67 Å². The second-order valence-corrected chi connectivity index (χ2v) is 6.04. The van der Waals surface area contributed by atoms with Crippen LogP contribution in [0.15, 0.2) is 42.5 Å². The first-order valence-corrected chi connectivity index (χ1v) is 7.81. The standard InChI is InChI=1S/C19H13F4NO3/c1-10-16(17(25)18(26)27)14-8-13(20)5-6-15(14)24(10)9-11-3-2-4-12(7-11)19(21,22)23/h2-8H,9H2,1H3,(H,26,27). The molecule has 1 N–H and O–H groups in total. The lowest BCUT2D eigenvalue weighted by atomic mass is 10.1. The summed E-state index contributed by atoms with van der Waals surface area (Å²) in [6.07, 6.45) is -4.50. The molecule has 0 bridgehead atoms. The number of Topliss-reactive ketones (excluding diaryl/α,β-unsaturated/α-hetero) is 1. The number of benzene rings is 2. The van der Waals surface area contributed by atoms with E-state index in [1.807, 2.05) is 0 Å². The van der Waals surface area contributed by atoms with Crippen molar-refractivity contribution in [3.05, 3.63) is 70.7 Å². The number of carboxylic acid groups (broad SMARTS) is 1.